The van der Waals surface area contributed by atoms with E-state index in [4.69, 9.17) is 0 Å². The lowest BCUT2D eigenvalue weighted by Gasteiger charge is -1.99. The first-order valence-electron chi connectivity index (χ1n) is 4.53. The molecule has 0 N–H and O–H groups in total. The van der Waals surface area contributed by atoms with Crippen LogP contribution in [0.25, 0.3) is 0 Å². The fraction of sp³-hybridized carbons (Fsp3) is 0.0833. The highest BCUT2D eigenvalue weighted by molar-refractivity contribution is 8.93. The Hall–Kier alpha value is -0.800. The van der Waals surface area contributed by atoms with Gasteiger partial charge in [-0.15, -0.1) is 28.7 Å². The van der Waals surface area contributed by atoms with Gasteiger partial charge in [-0.3, -0.25) is 0 Å². The minimum Gasteiger partial charge on any atom is -0.250 e. The van der Waals surface area contributed by atoms with E-state index in [0.29, 0.717) is 0 Å². The zero-order chi connectivity index (χ0) is 9.64. The molecule has 2 aromatic rings. The van der Waals surface area contributed by atoms with Crippen LogP contribution in [0.5, 0.6) is 0 Å². The monoisotopic (exact) mass is 281 g/mol. The number of aromatic nitrogens is 1. The van der Waals surface area contributed by atoms with Crippen LogP contribution in [0.3, 0.4) is 0 Å². The molecular weight excluding hydrogens is 270 g/mol. The highest BCUT2D eigenvalue weighted by Gasteiger charge is 1.94. The van der Waals surface area contributed by atoms with E-state index in [1.807, 2.05) is 30.5 Å². The summed E-state index contributed by atoms with van der Waals surface area (Å²) < 4.78 is 0. The van der Waals surface area contributed by atoms with Gasteiger partial charge in [0.25, 0.3) is 0 Å². The zero-order valence-electron chi connectivity index (χ0n) is 8.17. The molecule has 0 saturated carbocycles. The molecule has 15 heavy (non-hydrogen) atoms. The second-order valence-electron chi connectivity index (χ2n) is 2.94. The van der Waals surface area contributed by atoms with Crippen LogP contribution in [0.4, 0.5) is 0 Å². The van der Waals surface area contributed by atoms with Gasteiger partial charge in [0.15, 0.2) is 0 Å². The van der Waals surface area contributed by atoms with Crippen LogP contribution in [0.1, 0.15) is 5.56 Å². The maximum atomic E-state index is 4.26. The van der Waals surface area contributed by atoms with E-state index < -0.39 is 0 Å². The molecule has 0 aliphatic heterocycles. The fourth-order valence-electron chi connectivity index (χ4n) is 1.16. The van der Waals surface area contributed by atoms with Gasteiger partial charge >= 0.3 is 0 Å². The Kier molecular flexibility index (Phi) is 5.43. The summed E-state index contributed by atoms with van der Waals surface area (Å²) >= 11 is 1.76. The summed E-state index contributed by atoms with van der Waals surface area (Å²) in [6, 6.07) is 16.4. The predicted octanol–water partition coefficient (Wildman–Crippen LogP) is 3.95. The molecule has 0 amide bonds. The Morgan fingerprint density at radius 2 is 1.67 bits per heavy atom. The molecule has 0 aliphatic rings. The lowest BCUT2D eigenvalue weighted by Crippen LogP contribution is -1.81. The smallest absolute Gasteiger partial charge is 0.0963 e. The van der Waals surface area contributed by atoms with Gasteiger partial charge in [-0.25, -0.2) is 4.98 Å². The van der Waals surface area contributed by atoms with Crippen molar-refractivity contribution in [1.29, 1.82) is 0 Å². The van der Waals surface area contributed by atoms with Crippen LogP contribution in [0.15, 0.2) is 59.8 Å². The molecule has 1 heterocycles. The van der Waals surface area contributed by atoms with Crippen molar-refractivity contribution in [2.75, 3.05) is 0 Å². The SMILES string of the molecule is Br.c1ccc(CSc2ccccn2)cc1. The quantitative estimate of drug-likeness (QED) is 0.790. The molecule has 0 bridgehead atoms. The first-order chi connectivity index (χ1) is 6.95. The zero-order valence-corrected chi connectivity index (χ0v) is 10.7. The van der Waals surface area contributed by atoms with E-state index in [1.54, 1.807) is 11.8 Å². The molecule has 1 aromatic heterocycles. The van der Waals surface area contributed by atoms with Crippen molar-refractivity contribution in [1.82, 2.24) is 4.98 Å². The highest BCUT2D eigenvalue weighted by Crippen LogP contribution is 2.19. The lowest BCUT2D eigenvalue weighted by molar-refractivity contribution is 1.13. The molecule has 0 spiro atoms. The Balaban J connectivity index is 0.00000112. The van der Waals surface area contributed by atoms with Gasteiger partial charge in [0.1, 0.15) is 0 Å². The molecular formula is C12H12BrNS. The van der Waals surface area contributed by atoms with Crippen LogP contribution in [-0.4, -0.2) is 4.98 Å². The van der Waals surface area contributed by atoms with E-state index in [1.165, 1.54) is 5.56 Å². The summed E-state index contributed by atoms with van der Waals surface area (Å²) in [6.45, 7) is 0. The Morgan fingerprint density at radius 3 is 2.33 bits per heavy atom. The van der Waals surface area contributed by atoms with E-state index in [-0.39, 0.29) is 17.0 Å². The van der Waals surface area contributed by atoms with Crippen molar-refractivity contribution in [2.45, 2.75) is 10.8 Å². The van der Waals surface area contributed by atoms with Gasteiger partial charge in [-0.05, 0) is 17.7 Å². The molecule has 0 fully saturated rings. The lowest BCUT2D eigenvalue weighted by atomic mass is 10.2. The summed E-state index contributed by atoms with van der Waals surface area (Å²) in [5.74, 6) is 0.984. The maximum absolute atomic E-state index is 4.26. The molecule has 78 valence electrons. The van der Waals surface area contributed by atoms with Crippen LogP contribution < -0.4 is 0 Å². The molecule has 0 saturated heterocycles. The summed E-state index contributed by atoms with van der Waals surface area (Å²) in [5.41, 5.74) is 1.34. The number of nitrogens with zero attached hydrogens (tertiary/aromatic N) is 1. The summed E-state index contributed by atoms with van der Waals surface area (Å²) in [6.07, 6.45) is 1.83. The Labute approximate surface area is 105 Å². The number of hydrogen-bond donors (Lipinski definition) is 0. The van der Waals surface area contributed by atoms with Gasteiger partial charge in [0.05, 0.1) is 5.03 Å². The predicted molar refractivity (Wildman–Crippen MR) is 70.6 cm³/mol. The number of pyridine rings is 1. The van der Waals surface area contributed by atoms with Gasteiger partial charge in [0, 0.05) is 11.9 Å². The maximum Gasteiger partial charge on any atom is 0.0963 e. The Morgan fingerprint density at radius 1 is 0.933 bits per heavy atom. The number of thioether (sulfide) groups is 1. The number of halogens is 1. The van der Waals surface area contributed by atoms with E-state index >= 15 is 0 Å². The van der Waals surface area contributed by atoms with Crippen molar-refractivity contribution in [2.24, 2.45) is 0 Å². The topological polar surface area (TPSA) is 12.9 Å². The Bertz CT molecular complexity index is 338. The van der Waals surface area contributed by atoms with Crippen LogP contribution in [0.2, 0.25) is 0 Å². The van der Waals surface area contributed by atoms with Crippen molar-refractivity contribution < 1.29 is 0 Å². The molecule has 0 radical (unpaired) electrons. The molecule has 0 atom stereocenters. The van der Waals surface area contributed by atoms with Gasteiger partial charge < -0.3 is 0 Å². The molecule has 3 heteroatoms. The average Bonchev–Trinajstić information content (AvgIpc) is 2.29. The minimum atomic E-state index is 0. The molecule has 1 nitrogen and oxygen atoms in total. The van der Waals surface area contributed by atoms with Crippen LogP contribution in [-0.2, 0) is 5.75 Å². The third-order valence-electron chi connectivity index (χ3n) is 1.87. The fourth-order valence-corrected chi connectivity index (χ4v) is 1.98. The normalized spacial score (nSPS) is 9.33. The number of benzene rings is 1. The highest BCUT2D eigenvalue weighted by atomic mass is 79.9. The molecule has 0 aliphatic carbocycles. The summed E-state index contributed by atoms with van der Waals surface area (Å²) in [4.78, 5) is 4.26. The van der Waals surface area contributed by atoms with Crippen molar-refractivity contribution in [3.8, 4) is 0 Å². The third-order valence-corrected chi connectivity index (χ3v) is 2.88. The van der Waals surface area contributed by atoms with Crippen molar-refractivity contribution >= 4 is 28.7 Å². The second kappa shape index (κ2) is 6.64. The molecule has 2 rings (SSSR count). The first-order valence-corrected chi connectivity index (χ1v) is 5.51. The van der Waals surface area contributed by atoms with Gasteiger partial charge in [0.2, 0.25) is 0 Å². The second-order valence-corrected chi connectivity index (χ2v) is 3.94. The minimum absolute atomic E-state index is 0. The standard InChI is InChI=1S/C12H11NS.BrH/c1-2-6-11(7-3-1)10-14-12-8-4-5-9-13-12;/h1-9H,10H2;1H. The summed E-state index contributed by atoms with van der Waals surface area (Å²) in [7, 11) is 0. The first kappa shape index (κ1) is 12.3. The largest absolute Gasteiger partial charge is 0.250 e. The van der Waals surface area contributed by atoms with E-state index in [9.17, 15) is 0 Å². The summed E-state index contributed by atoms with van der Waals surface area (Å²) in [5, 5.41) is 1.08. The molecule has 0 unspecified atom stereocenters. The number of hydrogen-bond acceptors (Lipinski definition) is 2. The van der Waals surface area contributed by atoms with Crippen molar-refractivity contribution in [3.05, 3.63) is 60.3 Å². The van der Waals surface area contributed by atoms with Crippen molar-refractivity contribution in [3.63, 3.8) is 0 Å². The molecule has 1 aromatic carbocycles. The van der Waals surface area contributed by atoms with E-state index in [2.05, 4.69) is 29.2 Å². The van der Waals surface area contributed by atoms with E-state index in [0.717, 1.165) is 10.8 Å². The average molecular weight is 282 g/mol. The third kappa shape index (κ3) is 4.06. The van der Waals surface area contributed by atoms with Crippen LogP contribution >= 0.6 is 28.7 Å². The van der Waals surface area contributed by atoms with Gasteiger partial charge in [-0.1, -0.05) is 36.4 Å². The van der Waals surface area contributed by atoms with Gasteiger partial charge in [-0.2, -0.15) is 0 Å². The number of rotatable bonds is 3. The van der Waals surface area contributed by atoms with Crippen LogP contribution in [0, 0.1) is 0 Å².